The molecule has 9 nitrogen and oxygen atoms in total. The van der Waals surface area contributed by atoms with E-state index in [4.69, 9.17) is 0 Å². The summed E-state index contributed by atoms with van der Waals surface area (Å²) in [5.41, 5.74) is 0.783. The Kier molecular flexibility index (Phi) is 8.72. The van der Waals surface area contributed by atoms with Crippen LogP contribution in [0, 0.1) is 5.92 Å². The molecule has 3 atom stereocenters. The third-order valence-corrected chi connectivity index (χ3v) is 5.18. The number of nitrogens with zero attached hydrogens (tertiary/aromatic N) is 1. The van der Waals surface area contributed by atoms with E-state index in [-0.39, 0.29) is 25.0 Å². The van der Waals surface area contributed by atoms with Gasteiger partial charge in [0, 0.05) is 13.0 Å². The van der Waals surface area contributed by atoms with Crippen LogP contribution in [0.15, 0.2) is 30.3 Å². The first-order valence-corrected chi connectivity index (χ1v) is 10.4. The van der Waals surface area contributed by atoms with Crippen molar-refractivity contribution in [2.45, 2.75) is 57.7 Å². The number of amides is 3. The van der Waals surface area contributed by atoms with Gasteiger partial charge in [-0.1, -0.05) is 44.2 Å². The molecule has 1 aliphatic rings. The topological polar surface area (TPSA) is 133 Å². The van der Waals surface area contributed by atoms with E-state index in [0.29, 0.717) is 19.4 Å². The standard InChI is InChI=1S/C22H29N3O6/c1-14(2)11-17(22(30)31)24-20(28)16(12-15-7-4-3-5-8-15)23-21(29)18-9-6-10-25(18)19(27)13-26/h3-5,7-8,13-14,16-18H,6,9-12H2,1-2H3,(H,23,29)(H,24,28)(H,30,31)/t16-,17-,18-/m0/s1. The Morgan fingerprint density at radius 2 is 1.81 bits per heavy atom. The van der Waals surface area contributed by atoms with Gasteiger partial charge in [0.05, 0.1) is 0 Å². The number of rotatable bonds is 10. The number of nitrogens with one attached hydrogen (secondary N) is 2. The van der Waals surface area contributed by atoms with Crippen LogP contribution in [0.3, 0.4) is 0 Å². The molecule has 0 spiro atoms. The van der Waals surface area contributed by atoms with Gasteiger partial charge in [-0.25, -0.2) is 4.79 Å². The van der Waals surface area contributed by atoms with Crippen LogP contribution in [0.2, 0.25) is 0 Å². The number of aliphatic carboxylic acids is 1. The number of likely N-dealkylation sites (tertiary alicyclic amines) is 1. The van der Waals surface area contributed by atoms with Crippen molar-refractivity contribution in [3.63, 3.8) is 0 Å². The van der Waals surface area contributed by atoms with Gasteiger partial charge >= 0.3 is 5.97 Å². The van der Waals surface area contributed by atoms with E-state index in [2.05, 4.69) is 10.6 Å². The van der Waals surface area contributed by atoms with Gasteiger partial charge in [-0.3, -0.25) is 19.2 Å². The second-order valence-corrected chi connectivity index (χ2v) is 8.09. The second-order valence-electron chi connectivity index (χ2n) is 8.09. The predicted molar refractivity (Wildman–Crippen MR) is 112 cm³/mol. The highest BCUT2D eigenvalue weighted by atomic mass is 16.4. The van der Waals surface area contributed by atoms with Crippen LogP contribution >= 0.6 is 0 Å². The van der Waals surface area contributed by atoms with Crippen molar-refractivity contribution in [3.05, 3.63) is 35.9 Å². The van der Waals surface area contributed by atoms with Crippen LogP contribution in [0.5, 0.6) is 0 Å². The van der Waals surface area contributed by atoms with Gasteiger partial charge in [0.25, 0.3) is 5.91 Å². The van der Waals surface area contributed by atoms with Gasteiger partial charge < -0.3 is 20.6 Å². The highest BCUT2D eigenvalue weighted by Crippen LogP contribution is 2.18. The number of aldehydes is 1. The van der Waals surface area contributed by atoms with Gasteiger partial charge in [0.15, 0.2) is 0 Å². The average molecular weight is 431 g/mol. The van der Waals surface area contributed by atoms with Gasteiger partial charge in [-0.2, -0.15) is 0 Å². The summed E-state index contributed by atoms with van der Waals surface area (Å²) in [6, 6.07) is 6.07. The molecule has 3 N–H and O–H groups in total. The van der Waals surface area contributed by atoms with Crippen molar-refractivity contribution in [2.24, 2.45) is 5.92 Å². The first kappa shape index (κ1) is 24.0. The number of carboxylic acid groups (broad SMARTS) is 1. The third-order valence-electron chi connectivity index (χ3n) is 5.18. The van der Waals surface area contributed by atoms with Gasteiger partial charge in [-0.05, 0) is 30.7 Å². The molecule has 1 aromatic rings. The summed E-state index contributed by atoms with van der Waals surface area (Å²) in [5.74, 6) is -3.03. The lowest BCUT2D eigenvalue weighted by atomic mass is 10.0. The molecule has 0 aliphatic carbocycles. The number of hydrogen-bond donors (Lipinski definition) is 3. The fourth-order valence-electron chi connectivity index (χ4n) is 3.66. The SMILES string of the molecule is CC(C)C[C@H](NC(=O)[C@H](Cc1ccccc1)NC(=O)[C@@H]1CCCN1C(=O)C=O)C(=O)O. The van der Waals surface area contributed by atoms with Crippen molar-refractivity contribution in [2.75, 3.05) is 6.54 Å². The van der Waals surface area contributed by atoms with Crippen molar-refractivity contribution < 1.29 is 29.1 Å². The molecule has 1 fully saturated rings. The van der Waals surface area contributed by atoms with Crippen molar-refractivity contribution in [1.82, 2.24) is 15.5 Å². The summed E-state index contributed by atoms with van der Waals surface area (Å²) in [5, 5.41) is 14.6. The lowest BCUT2D eigenvalue weighted by Crippen LogP contribution is -2.56. The maximum absolute atomic E-state index is 12.9. The smallest absolute Gasteiger partial charge is 0.326 e. The van der Waals surface area contributed by atoms with E-state index in [1.54, 1.807) is 24.3 Å². The molecule has 0 radical (unpaired) electrons. The molecular weight excluding hydrogens is 402 g/mol. The van der Waals surface area contributed by atoms with E-state index >= 15 is 0 Å². The molecule has 0 aromatic heterocycles. The molecular formula is C22H29N3O6. The normalized spacial score (nSPS) is 17.6. The zero-order chi connectivity index (χ0) is 23.0. The Labute approximate surface area is 181 Å². The van der Waals surface area contributed by atoms with E-state index in [9.17, 15) is 29.1 Å². The van der Waals surface area contributed by atoms with Crippen LogP contribution in [0.25, 0.3) is 0 Å². The Morgan fingerprint density at radius 3 is 2.39 bits per heavy atom. The Hall–Kier alpha value is -3.23. The van der Waals surface area contributed by atoms with Crippen molar-refractivity contribution in [1.29, 1.82) is 0 Å². The minimum atomic E-state index is -1.15. The number of carbonyl (C=O) groups excluding carboxylic acids is 4. The molecule has 31 heavy (non-hydrogen) atoms. The molecule has 1 saturated heterocycles. The summed E-state index contributed by atoms with van der Waals surface area (Å²) >= 11 is 0. The summed E-state index contributed by atoms with van der Waals surface area (Å²) in [4.78, 5) is 61.2. The van der Waals surface area contributed by atoms with Crippen molar-refractivity contribution in [3.8, 4) is 0 Å². The summed E-state index contributed by atoms with van der Waals surface area (Å²) in [6.07, 6.45) is 1.53. The first-order valence-electron chi connectivity index (χ1n) is 10.4. The number of benzene rings is 1. The zero-order valence-electron chi connectivity index (χ0n) is 17.7. The summed E-state index contributed by atoms with van der Waals surface area (Å²) in [6.45, 7) is 3.99. The molecule has 2 rings (SSSR count). The fourth-order valence-corrected chi connectivity index (χ4v) is 3.66. The molecule has 9 heteroatoms. The van der Waals surface area contributed by atoms with Crippen LogP contribution in [-0.2, 0) is 30.4 Å². The molecule has 168 valence electrons. The maximum Gasteiger partial charge on any atom is 0.326 e. The van der Waals surface area contributed by atoms with E-state index < -0.39 is 41.8 Å². The van der Waals surface area contributed by atoms with Gasteiger partial charge in [-0.15, -0.1) is 0 Å². The molecule has 0 bridgehead atoms. The van der Waals surface area contributed by atoms with E-state index in [1.807, 2.05) is 19.9 Å². The molecule has 3 amide bonds. The van der Waals surface area contributed by atoms with Gasteiger partial charge in [0.1, 0.15) is 18.1 Å². The van der Waals surface area contributed by atoms with Gasteiger partial charge in [0.2, 0.25) is 18.1 Å². The van der Waals surface area contributed by atoms with Crippen LogP contribution in [-0.4, -0.2) is 64.7 Å². The lowest BCUT2D eigenvalue weighted by Gasteiger charge is -2.26. The average Bonchev–Trinajstić information content (AvgIpc) is 3.22. The fraction of sp³-hybridized carbons (Fsp3) is 0.500. The highest BCUT2D eigenvalue weighted by Gasteiger charge is 2.36. The molecule has 1 aromatic carbocycles. The summed E-state index contributed by atoms with van der Waals surface area (Å²) in [7, 11) is 0. The van der Waals surface area contributed by atoms with E-state index in [1.165, 1.54) is 4.90 Å². The largest absolute Gasteiger partial charge is 0.480 e. The minimum Gasteiger partial charge on any atom is -0.480 e. The zero-order valence-corrected chi connectivity index (χ0v) is 17.7. The number of carbonyl (C=O) groups is 5. The third kappa shape index (κ3) is 6.91. The Bertz CT molecular complexity index is 811. The predicted octanol–water partition coefficient (Wildman–Crippen LogP) is 0.519. The molecule has 1 aliphatic heterocycles. The summed E-state index contributed by atoms with van der Waals surface area (Å²) < 4.78 is 0. The monoisotopic (exact) mass is 431 g/mol. The highest BCUT2D eigenvalue weighted by molar-refractivity contribution is 6.24. The van der Waals surface area contributed by atoms with Crippen LogP contribution in [0.4, 0.5) is 0 Å². The van der Waals surface area contributed by atoms with Crippen molar-refractivity contribution >= 4 is 30.0 Å². The molecule has 0 saturated carbocycles. The molecule has 0 unspecified atom stereocenters. The lowest BCUT2D eigenvalue weighted by molar-refractivity contribution is -0.144. The first-order chi connectivity index (χ1) is 14.7. The second kappa shape index (κ2) is 11.2. The minimum absolute atomic E-state index is 0.0463. The molecule has 1 heterocycles. The van der Waals surface area contributed by atoms with Crippen LogP contribution < -0.4 is 10.6 Å². The van der Waals surface area contributed by atoms with Crippen LogP contribution in [0.1, 0.15) is 38.7 Å². The maximum atomic E-state index is 12.9. The Morgan fingerprint density at radius 1 is 1.13 bits per heavy atom. The number of hydrogen-bond acceptors (Lipinski definition) is 5. The number of carboxylic acids is 1. The quantitative estimate of drug-likeness (QED) is 0.365. The Balaban J connectivity index is 2.18. The van der Waals surface area contributed by atoms with E-state index in [0.717, 1.165) is 5.56 Å².